The molecule has 0 amide bonds. The molecule has 0 aromatic carbocycles. The Morgan fingerprint density at radius 3 is 2.85 bits per heavy atom. The summed E-state index contributed by atoms with van der Waals surface area (Å²) in [6.07, 6.45) is 5.72. The maximum Gasteiger partial charge on any atom is 0.112 e. The SMILES string of the molecule is CC1CCCC(OCC2(C)CO2)C1. The van der Waals surface area contributed by atoms with Gasteiger partial charge in [-0.15, -0.1) is 0 Å². The molecule has 13 heavy (non-hydrogen) atoms. The maximum absolute atomic E-state index is 5.86. The molecule has 0 bridgehead atoms. The molecule has 76 valence electrons. The molecule has 1 saturated carbocycles. The fourth-order valence-corrected chi connectivity index (χ4v) is 2.03. The second-order valence-corrected chi connectivity index (χ2v) is 4.94. The Labute approximate surface area is 80.6 Å². The Bertz CT molecular complexity index is 175. The van der Waals surface area contributed by atoms with Crippen molar-refractivity contribution < 1.29 is 9.47 Å². The average Bonchev–Trinajstić information content (AvgIpc) is 2.82. The van der Waals surface area contributed by atoms with Gasteiger partial charge in [0, 0.05) is 0 Å². The molecule has 3 unspecified atom stereocenters. The van der Waals surface area contributed by atoms with Gasteiger partial charge in [0.15, 0.2) is 0 Å². The van der Waals surface area contributed by atoms with Crippen molar-refractivity contribution in [2.24, 2.45) is 5.92 Å². The lowest BCUT2D eigenvalue weighted by Crippen LogP contribution is -2.26. The van der Waals surface area contributed by atoms with Crippen LogP contribution in [-0.2, 0) is 9.47 Å². The van der Waals surface area contributed by atoms with Crippen LogP contribution in [0.15, 0.2) is 0 Å². The normalized spacial score (nSPS) is 44.8. The van der Waals surface area contributed by atoms with E-state index in [4.69, 9.17) is 9.47 Å². The lowest BCUT2D eigenvalue weighted by Gasteiger charge is -2.27. The quantitative estimate of drug-likeness (QED) is 0.628. The summed E-state index contributed by atoms with van der Waals surface area (Å²) in [7, 11) is 0. The Hall–Kier alpha value is -0.0800. The van der Waals surface area contributed by atoms with Crippen LogP contribution in [0.25, 0.3) is 0 Å². The van der Waals surface area contributed by atoms with E-state index in [1.807, 2.05) is 0 Å². The van der Waals surface area contributed by atoms with Crippen LogP contribution in [0.5, 0.6) is 0 Å². The molecule has 1 aliphatic carbocycles. The zero-order valence-corrected chi connectivity index (χ0v) is 8.71. The highest BCUT2D eigenvalue weighted by molar-refractivity contribution is 4.87. The average molecular weight is 184 g/mol. The zero-order valence-electron chi connectivity index (χ0n) is 8.71. The van der Waals surface area contributed by atoms with Crippen molar-refractivity contribution in [2.75, 3.05) is 13.2 Å². The molecule has 0 aromatic rings. The third-order valence-corrected chi connectivity index (χ3v) is 3.15. The molecular formula is C11H20O2. The number of ether oxygens (including phenoxy) is 2. The van der Waals surface area contributed by atoms with Gasteiger partial charge in [0.25, 0.3) is 0 Å². The molecule has 0 spiro atoms. The van der Waals surface area contributed by atoms with E-state index in [2.05, 4.69) is 13.8 Å². The van der Waals surface area contributed by atoms with Gasteiger partial charge in [0.2, 0.25) is 0 Å². The number of hydrogen-bond acceptors (Lipinski definition) is 2. The van der Waals surface area contributed by atoms with Crippen molar-refractivity contribution in [3.8, 4) is 0 Å². The molecule has 0 radical (unpaired) electrons. The van der Waals surface area contributed by atoms with Crippen LogP contribution in [0.3, 0.4) is 0 Å². The van der Waals surface area contributed by atoms with Crippen LogP contribution < -0.4 is 0 Å². The highest BCUT2D eigenvalue weighted by atomic mass is 16.6. The molecular weight excluding hydrogens is 164 g/mol. The van der Waals surface area contributed by atoms with Gasteiger partial charge < -0.3 is 9.47 Å². The van der Waals surface area contributed by atoms with Crippen LogP contribution in [0.1, 0.15) is 39.5 Å². The first kappa shape index (κ1) is 9.47. The van der Waals surface area contributed by atoms with Crippen molar-refractivity contribution in [3.63, 3.8) is 0 Å². The summed E-state index contributed by atoms with van der Waals surface area (Å²) < 4.78 is 11.1. The first-order valence-electron chi connectivity index (χ1n) is 5.43. The van der Waals surface area contributed by atoms with Crippen molar-refractivity contribution >= 4 is 0 Å². The third kappa shape index (κ3) is 2.68. The van der Waals surface area contributed by atoms with E-state index in [-0.39, 0.29) is 5.60 Å². The second kappa shape index (κ2) is 3.58. The first-order valence-corrected chi connectivity index (χ1v) is 5.43. The van der Waals surface area contributed by atoms with Crippen molar-refractivity contribution in [1.82, 2.24) is 0 Å². The van der Waals surface area contributed by atoms with Crippen LogP contribution in [0.2, 0.25) is 0 Å². The predicted molar refractivity (Wildman–Crippen MR) is 51.7 cm³/mol. The molecule has 2 rings (SSSR count). The summed E-state index contributed by atoms with van der Waals surface area (Å²) in [4.78, 5) is 0. The molecule has 1 heterocycles. The minimum Gasteiger partial charge on any atom is -0.375 e. The van der Waals surface area contributed by atoms with Gasteiger partial charge >= 0.3 is 0 Å². The Kier molecular flexibility index (Phi) is 2.61. The predicted octanol–water partition coefficient (Wildman–Crippen LogP) is 2.37. The van der Waals surface area contributed by atoms with Gasteiger partial charge in [-0.05, 0) is 25.7 Å². The molecule has 2 heteroatoms. The van der Waals surface area contributed by atoms with Gasteiger partial charge in [0.05, 0.1) is 19.3 Å². The van der Waals surface area contributed by atoms with E-state index in [9.17, 15) is 0 Å². The maximum atomic E-state index is 5.86. The van der Waals surface area contributed by atoms with E-state index in [1.54, 1.807) is 0 Å². The molecule has 1 aliphatic heterocycles. The highest BCUT2D eigenvalue weighted by Crippen LogP contribution is 2.30. The molecule has 0 N–H and O–H groups in total. The highest BCUT2D eigenvalue weighted by Gasteiger charge is 2.40. The van der Waals surface area contributed by atoms with E-state index in [1.165, 1.54) is 25.7 Å². The van der Waals surface area contributed by atoms with Gasteiger partial charge in [-0.25, -0.2) is 0 Å². The third-order valence-electron chi connectivity index (χ3n) is 3.15. The van der Waals surface area contributed by atoms with Gasteiger partial charge in [-0.2, -0.15) is 0 Å². The van der Waals surface area contributed by atoms with Crippen LogP contribution in [0.4, 0.5) is 0 Å². The molecule has 1 saturated heterocycles. The molecule has 2 aliphatic rings. The summed E-state index contributed by atoms with van der Waals surface area (Å²) in [5, 5.41) is 0. The lowest BCUT2D eigenvalue weighted by atomic mass is 9.89. The molecule has 3 atom stereocenters. The largest absolute Gasteiger partial charge is 0.375 e. The fraction of sp³-hybridized carbons (Fsp3) is 1.00. The van der Waals surface area contributed by atoms with Crippen molar-refractivity contribution in [2.45, 2.75) is 51.2 Å². The minimum absolute atomic E-state index is 0.0701. The number of epoxide rings is 1. The Balaban J connectivity index is 1.68. The fourth-order valence-electron chi connectivity index (χ4n) is 2.03. The molecule has 0 aromatic heterocycles. The van der Waals surface area contributed by atoms with E-state index in [0.717, 1.165) is 19.1 Å². The van der Waals surface area contributed by atoms with Gasteiger partial charge in [-0.3, -0.25) is 0 Å². The van der Waals surface area contributed by atoms with Crippen LogP contribution >= 0.6 is 0 Å². The summed E-state index contributed by atoms with van der Waals surface area (Å²) >= 11 is 0. The van der Waals surface area contributed by atoms with Crippen molar-refractivity contribution in [3.05, 3.63) is 0 Å². The Morgan fingerprint density at radius 2 is 2.23 bits per heavy atom. The van der Waals surface area contributed by atoms with Crippen LogP contribution in [0, 0.1) is 5.92 Å². The number of hydrogen-bond donors (Lipinski definition) is 0. The van der Waals surface area contributed by atoms with Crippen molar-refractivity contribution in [1.29, 1.82) is 0 Å². The van der Waals surface area contributed by atoms with Gasteiger partial charge in [-0.1, -0.05) is 19.8 Å². The summed E-state index contributed by atoms with van der Waals surface area (Å²) in [6.45, 7) is 6.13. The molecule has 2 fully saturated rings. The van der Waals surface area contributed by atoms with E-state index < -0.39 is 0 Å². The Morgan fingerprint density at radius 1 is 1.46 bits per heavy atom. The standard InChI is InChI=1S/C11H20O2/c1-9-4-3-5-10(6-9)12-7-11(2)8-13-11/h9-10H,3-8H2,1-2H3. The van der Waals surface area contributed by atoms with E-state index in [0.29, 0.717) is 6.10 Å². The topological polar surface area (TPSA) is 21.8 Å². The lowest BCUT2D eigenvalue weighted by molar-refractivity contribution is -0.00810. The summed E-state index contributed by atoms with van der Waals surface area (Å²) in [5.74, 6) is 0.853. The molecule has 2 nitrogen and oxygen atoms in total. The smallest absolute Gasteiger partial charge is 0.112 e. The summed E-state index contributed by atoms with van der Waals surface area (Å²) in [5.41, 5.74) is 0.0701. The first-order chi connectivity index (χ1) is 6.18. The van der Waals surface area contributed by atoms with Gasteiger partial charge in [0.1, 0.15) is 5.60 Å². The minimum atomic E-state index is 0.0701. The number of rotatable bonds is 3. The van der Waals surface area contributed by atoms with Crippen LogP contribution in [-0.4, -0.2) is 24.9 Å². The zero-order chi connectivity index (χ0) is 9.31. The monoisotopic (exact) mass is 184 g/mol. The second-order valence-electron chi connectivity index (χ2n) is 4.94. The summed E-state index contributed by atoms with van der Waals surface area (Å²) in [6, 6.07) is 0. The van der Waals surface area contributed by atoms with E-state index >= 15 is 0 Å².